The van der Waals surface area contributed by atoms with Gasteiger partial charge < -0.3 is 4.74 Å². The van der Waals surface area contributed by atoms with Gasteiger partial charge in [0.1, 0.15) is 23.0 Å². The van der Waals surface area contributed by atoms with Gasteiger partial charge in [0, 0.05) is 22.9 Å². The van der Waals surface area contributed by atoms with Crippen LogP contribution in [0.15, 0.2) is 73.2 Å². The Hall–Kier alpha value is -3.85. The Labute approximate surface area is 191 Å². The second-order valence-corrected chi connectivity index (χ2v) is 6.95. The molecule has 0 unspecified atom stereocenters. The maximum absolute atomic E-state index is 14.3. The highest BCUT2D eigenvalue weighted by atomic mass is 35.5. The Morgan fingerprint density at radius 3 is 2.27 bits per heavy atom. The van der Waals surface area contributed by atoms with Crippen LogP contribution < -0.4 is 4.74 Å². The number of nitrogens with one attached hydrogen (secondary N) is 1. The van der Waals surface area contributed by atoms with Crippen LogP contribution in [-0.2, 0) is 0 Å². The molecule has 0 radical (unpaired) electrons. The number of halogens is 5. The van der Waals surface area contributed by atoms with E-state index in [4.69, 9.17) is 0 Å². The Bertz CT molecular complexity index is 1400. The largest absolute Gasteiger partial charge is 0.435 e. The number of ether oxygens (including phenoxy) is 1. The van der Waals surface area contributed by atoms with Crippen LogP contribution in [0.3, 0.4) is 0 Å². The zero-order valence-electron chi connectivity index (χ0n) is 16.7. The third-order valence-electron chi connectivity index (χ3n) is 5.04. The molecule has 168 valence electrons. The van der Waals surface area contributed by atoms with Gasteiger partial charge in [0.15, 0.2) is 0 Å². The Morgan fingerprint density at radius 2 is 1.58 bits per heavy atom. The summed E-state index contributed by atoms with van der Waals surface area (Å²) in [6.07, 6.45) is 4.92. The molecule has 0 aliphatic rings. The molecule has 0 aliphatic carbocycles. The van der Waals surface area contributed by atoms with Gasteiger partial charge >= 0.3 is 6.61 Å². The number of hydrogen-bond donors (Lipinski definition) is 1. The maximum atomic E-state index is 14.3. The highest BCUT2D eigenvalue weighted by Crippen LogP contribution is 2.34. The predicted octanol–water partition coefficient (Wildman–Crippen LogP) is 6.36. The van der Waals surface area contributed by atoms with Crippen LogP contribution in [0.5, 0.6) is 5.75 Å². The van der Waals surface area contributed by atoms with Crippen LogP contribution in [0, 0.1) is 11.6 Å². The normalized spacial score (nSPS) is 11.1. The number of pyridine rings is 1. The first-order valence-corrected chi connectivity index (χ1v) is 9.52. The van der Waals surface area contributed by atoms with E-state index in [9.17, 15) is 17.6 Å². The van der Waals surface area contributed by atoms with Crippen LogP contribution in [0.25, 0.3) is 39.3 Å². The number of hydrogen-bond acceptors (Lipinski definition) is 3. The number of rotatable bonds is 5. The molecule has 0 fully saturated rings. The number of benzene rings is 2. The highest BCUT2D eigenvalue weighted by molar-refractivity contribution is 5.85. The lowest BCUT2D eigenvalue weighted by Gasteiger charge is -2.09. The van der Waals surface area contributed by atoms with Gasteiger partial charge in [-0.3, -0.25) is 9.50 Å². The molecule has 5 aromatic rings. The molecule has 0 saturated heterocycles. The summed E-state index contributed by atoms with van der Waals surface area (Å²) in [5.74, 6) is -1.36. The van der Waals surface area contributed by atoms with Gasteiger partial charge in [-0.25, -0.2) is 13.8 Å². The lowest BCUT2D eigenvalue weighted by molar-refractivity contribution is -0.0498. The van der Waals surface area contributed by atoms with Crippen molar-refractivity contribution in [3.8, 4) is 39.4 Å². The van der Waals surface area contributed by atoms with Crippen LogP contribution in [0.4, 0.5) is 17.6 Å². The molecular formula is C23H15ClF4N4O. The van der Waals surface area contributed by atoms with Crippen molar-refractivity contribution in [1.29, 1.82) is 0 Å². The number of aromatic amines is 1. The molecule has 3 heterocycles. The summed E-state index contributed by atoms with van der Waals surface area (Å²) >= 11 is 0. The lowest BCUT2D eigenvalue weighted by Crippen LogP contribution is -2.01. The first kappa shape index (κ1) is 22.3. The minimum Gasteiger partial charge on any atom is -0.435 e. The smallest absolute Gasteiger partial charge is 0.387 e. The molecule has 5 nitrogen and oxygen atoms in total. The molecule has 0 spiro atoms. The van der Waals surface area contributed by atoms with Gasteiger partial charge in [-0.2, -0.15) is 13.9 Å². The SMILES string of the molecule is Cl.Fc1cccc(F)c1-c1[nH]ncc1-c1ccc2ncc(-c3ccc(OC(F)F)cc3)n2c1. The van der Waals surface area contributed by atoms with Crippen molar-refractivity contribution in [1.82, 2.24) is 19.6 Å². The highest BCUT2D eigenvalue weighted by Gasteiger charge is 2.18. The fourth-order valence-corrected chi connectivity index (χ4v) is 3.59. The zero-order chi connectivity index (χ0) is 22.2. The summed E-state index contributed by atoms with van der Waals surface area (Å²) in [7, 11) is 0. The van der Waals surface area contributed by atoms with E-state index < -0.39 is 18.2 Å². The van der Waals surface area contributed by atoms with Crippen molar-refractivity contribution in [2.45, 2.75) is 6.61 Å². The monoisotopic (exact) mass is 474 g/mol. The van der Waals surface area contributed by atoms with Gasteiger partial charge in [-0.15, -0.1) is 12.4 Å². The minimum atomic E-state index is -2.90. The minimum absolute atomic E-state index is 0. The Kier molecular flexibility index (Phi) is 6.06. The first-order valence-electron chi connectivity index (χ1n) is 9.52. The first-order chi connectivity index (χ1) is 15.5. The summed E-state index contributed by atoms with van der Waals surface area (Å²) in [6.45, 7) is -2.90. The number of aromatic nitrogens is 4. The summed E-state index contributed by atoms with van der Waals surface area (Å²) in [4.78, 5) is 4.37. The third kappa shape index (κ3) is 4.14. The molecule has 5 rings (SSSR count). The third-order valence-corrected chi connectivity index (χ3v) is 5.04. The second-order valence-electron chi connectivity index (χ2n) is 6.95. The molecule has 3 aromatic heterocycles. The standard InChI is InChI=1S/C23H14F4N4O.ClH/c24-17-2-1-3-18(25)21(17)22-16(10-29-30-22)14-6-9-20-28-11-19(31(20)12-14)13-4-7-15(8-5-13)32-23(26)27;/h1-12,23H,(H,29,30);1H. The van der Waals surface area contributed by atoms with Crippen molar-refractivity contribution >= 4 is 18.1 Å². The molecule has 0 amide bonds. The topological polar surface area (TPSA) is 55.2 Å². The van der Waals surface area contributed by atoms with Gasteiger partial charge in [-0.1, -0.05) is 6.07 Å². The molecule has 10 heteroatoms. The maximum Gasteiger partial charge on any atom is 0.387 e. The molecule has 33 heavy (non-hydrogen) atoms. The second kappa shape index (κ2) is 8.95. The molecule has 0 atom stereocenters. The van der Waals surface area contributed by atoms with Crippen molar-refractivity contribution in [2.24, 2.45) is 0 Å². The average molecular weight is 475 g/mol. The van der Waals surface area contributed by atoms with E-state index >= 15 is 0 Å². The van der Waals surface area contributed by atoms with Gasteiger partial charge in [0.05, 0.1) is 29.3 Å². The average Bonchev–Trinajstić information content (AvgIpc) is 3.41. The van der Waals surface area contributed by atoms with Gasteiger partial charge in [0.2, 0.25) is 0 Å². The Balaban J connectivity index is 0.00000259. The fraction of sp³-hybridized carbons (Fsp3) is 0.0435. The number of imidazole rings is 1. The quantitative estimate of drug-likeness (QED) is 0.301. The zero-order valence-corrected chi connectivity index (χ0v) is 17.5. The van der Waals surface area contributed by atoms with Gasteiger partial charge in [-0.05, 0) is 48.5 Å². The van der Waals surface area contributed by atoms with E-state index in [1.54, 1.807) is 41.1 Å². The van der Waals surface area contributed by atoms with Gasteiger partial charge in [0.25, 0.3) is 0 Å². The van der Waals surface area contributed by atoms with Crippen LogP contribution in [0.1, 0.15) is 0 Å². The Morgan fingerprint density at radius 1 is 0.879 bits per heavy atom. The summed E-state index contributed by atoms with van der Waals surface area (Å²) in [6, 6.07) is 13.4. The van der Waals surface area contributed by atoms with Crippen molar-refractivity contribution in [2.75, 3.05) is 0 Å². The van der Waals surface area contributed by atoms with Crippen molar-refractivity contribution in [3.63, 3.8) is 0 Å². The van der Waals surface area contributed by atoms with Crippen LogP contribution in [0.2, 0.25) is 0 Å². The summed E-state index contributed by atoms with van der Waals surface area (Å²) in [5, 5.41) is 6.66. The number of fused-ring (bicyclic) bond motifs is 1. The van der Waals surface area contributed by atoms with E-state index in [1.807, 2.05) is 0 Å². The molecule has 0 saturated carbocycles. The fourth-order valence-electron chi connectivity index (χ4n) is 3.59. The van der Waals surface area contributed by atoms with E-state index in [-0.39, 0.29) is 29.4 Å². The van der Waals surface area contributed by atoms with E-state index in [0.29, 0.717) is 22.5 Å². The lowest BCUT2D eigenvalue weighted by atomic mass is 10.0. The number of alkyl halides is 2. The summed E-state index contributed by atoms with van der Waals surface area (Å²) in [5.41, 5.74) is 3.25. The molecule has 0 aliphatic heterocycles. The molecular weight excluding hydrogens is 460 g/mol. The number of nitrogens with zero attached hydrogens (tertiary/aromatic N) is 3. The van der Waals surface area contributed by atoms with E-state index in [1.165, 1.54) is 36.5 Å². The molecule has 2 aromatic carbocycles. The predicted molar refractivity (Wildman–Crippen MR) is 117 cm³/mol. The van der Waals surface area contributed by atoms with Crippen LogP contribution >= 0.6 is 12.4 Å². The van der Waals surface area contributed by atoms with E-state index in [0.717, 1.165) is 5.56 Å². The molecule has 1 N–H and O–H groups in total. The van der Waals surface area contributed by atoms with Crippen LogP contribution in [-0.4, -0.2) is 26.2 Å². The van der Waals surface area contributed by atoms with Crippen molar-refractivity contribution < 1.29 is 22.3 Å². The van der Waals surface area contributed by atoms with Crippen molar-refractivity contribution in [3.05, 3.63) is 84.8 Å². The summed E-state index contributed by atoms with van der Waals surface area (Å²) < 4.78 is 59.7. The molecule has 0 bridgehead atoms. The number of H-pyrrole nitrogens is 1. The van der Waals surface area contributed by atoms with E-state index in [2.05, 4.69) is 19.9 Å².